The van der Waals surface area contributed by atoms with Gasteiger partial charge in [-0.2, -0.15) is 0 Å². The summed E-state index contributed by atoms with van der Waals surface area (Å²) in [6.07, 6.45) is 7.65. The average molecular weight is 449 g/mol. The van der Waals surface area contributed by atoms with E-state index in [4.69, 9.17) is 4.74 Å². The molecule has 1 atom stereocenters. The molecular formula is C21H28N4O3S2. The predicted molar refractivity (Wildman–Crippen MR) is 118 cm³/mol. The topological polar surface area (TPSA) is 86.1 Å². The Balaban J connectivity index is 1.44. The van der Waals surface area contributed by atoms with Crippen LogP contribution in [0.2, 0.25) is 0 Å². The highest BCUT2D eigenvalue weighted by atomic mass is 32.2. The van der Waals surface area contributed by atoms with Crippen LogP contribution in [0.5, 0.6) is 0 Å². The van der Waals surface area contributed by atoms with Gasteiger partial charge in [0.15, 0.2) is 5.16 Å². The molecule has 9 heteroatoms. The minimum absolute atomic E-state index is 0.151. The van der Waals surface area contributed by atoms with Crippen LogP contribution >= 0.6 is 23.1 Å². The first-order valence-corrected chi connectivity index (χ1v) is 12.3. The number of hydrogen-bond acceptors (Lipinski definition) is 7. The summed E-state index contributed by atoms with van der Waals surface area (Å²) in [4.78, 5) is 26.2. The molecule has 4 rings (SSSR count). The molecule has 7 nitrogen and oxygen atoms in total. The van der Waals surface area contributed by atoms with Crippen molar-refractivity contribution >= 4 is 40.0 Å². The summed E-state index contributed by atoms with van der Waals surface area (Å²) < 4.78 is 7.01. The summed E-state index contributed by atoms with van der Waals surface area (Å²) in [6, 6.07) is 0. The van der Waals surface area contributed by atoms with Crippen LogP contribution in [0.15, 0.2) is 5.16 Å². The number of ether oxygens (including phenoxy) is 1. The number of thioether (sulfide) groups is 1. The van der Waals surface area contributed by atoms with Gasteiger partial charge >= 0.3 is 5.97 Å². The highest BCUT2D eigenvalue weighted by Gasteiger charge is 2.29. The Morgan fingerprint density at radius 1 is 1.27 bits per heavy atom. The maximum Gasteiger partial charge on any atom is 0.341 e. The van der Waals surface area contributed by atoms with Gasteiger partial charge in [0.2, 0.25) is 5.91 Å². The highest BCUT2D eigenvalue weighted by molar-refractivity contribution is 7.99. The van der Waals surface area contributed by atoms with Gasteiger partial charge in [0.25, 0.3) is 0 Å². The lowest BCUT2D eigenvalue weighted by Crippen LogP contribution is -2.17. The summed E-state index contributed by atoms with van der Waals surface area (Å²) >= 11 is 2.88. The van der Waals surface area contributed by atoms with Crippen LogP contribution in [-0.4, -0.2) is 39.5 Å². The monoisotopic (exact) mass is 448 g/mol. The number of carbonyl (C=O) groups excluding carboxylic acids is 2. The molecular weight excluding hydrogens is 420 g/mol. The largest absolute Gasteiger partial charge is 0.465 e. The smallest absolute Gasteiger partial charge is 0.341 e. The predicted octanol–water partition coefficient (Wildman–Crippen LogP) is 4.18. The van der Waals surface area contributed by atoms with Gasteiger partial charge in [-0.1, -0.05) is 31.5 Å². The number of anilines is 1. The molecule has 0 aliphatic heterocycles. The second kappa shape index (κ2) is 9.09. The van der Waals surface area contributed by atoms with E-state index in [-0.39, 0.29) is 17.6 Å². The summed E-state index contributed by atoms with van der Waals surface area (Å²) in [5.41, 5.74) is 1.58. The maximum atomic E-state index is 12.7. The fraction of sp³-hybridized carbons (Fsp3) is 0.619. The lowest BCUT2D eigenvalue weighted by Gasteiger charge is -2.18. The molecule has 1 saturated carbocycles. The van der Waals surface area contributed by atoms with Gasteiger partial charge in [-0.15, -0.1) is 21.5 Å². The number of amides is 1. The van der Waals surface area contributed by atoms with Crippen LogP contribution in [0.4, 0.5) is 5.00 Å². The molecule has 0 radical (unpaired) electrons. The Morgan fingerprint density at radius 2 is 2.03 bits per heavy atom. The van der Waals surface area contributed by atoms with Crippen molar-refractivity contribution in [1.82, 2.24) is 14.8 Å². The summed E-state index contributed by atoms with van der Waals surface area (Å²) in [7, 11) is 3.35. The lowest BCUT2D eigenvalue weighted by molar-refractivity contribution is -0.113. The van der Waals surface area contributed by atoms with Crippen LogP contribution in [0, 0.1) is 5.92 Å². The molecule has 2 heterocycles. The van der Waals surface area contributed by atoms with Gasteiger partial charge in [0.05, 0.1) is 18.4 Å². The number of nitrogens with zero attached hydrogens (tertiary/aromatic N) is 3. The van der Waals surface area contributed by atoms with Gasteiger partial charge in [0, 0.05) is 17.8 Å². The molecule has 1 fully saturated rings. The van der Waals surface area contributed by atoms with E-state index in [1.54, 1.807) is 0 Å². The SMILES string of the molecule is COC(=O)c1c(NC(=O)CSc2nnc(C3CCCC3)n2C)sc2c1CCC(C)C2. The summed E-state index contributed by atoms with van der Waals surface area (Å²) in [6.45, 7) is 2.22. The van der Waals surface area contributed by atoms with Crippen molar-refractivity contribution in [3.05, 3.63) is 21.8 Å². The standard InChI is InChI=1S/C21H28N4O3S2/c1-12-8-9-14-15(10-12)30-19(17(14)20(27)28-3)22-16(26)11-29-21-24-23-18(25(21)2)13-6-4-5-7-13/h12-13H,4-11H2,1-3H3,(H,22,26). The molecule has 1 unspecified atom stereocenters. The molecule has 2 aliphatic rings. The number of esters is 1. The normalized spacial score (nSPS) is 19.0. The molecule has 0 saturated heterocycles. The van der Waals surface area contributed by atoms with E-state index in [0.29, 0.717) is 22.4 Å². The Hall–Kier alpha value is -1.87. The number of rotatable bonds is 6. The van der Waals surface area contributed by atoms with E-state index in [9.17, 15) is 9.59 Å². The van der Waals surface area contributed by atoms with E-state index in [0.717, 1.165) is 48.6 Å². The molecule has 0 bridgehead atoms. The van der Waals surface area contributed by atoms with E-state index in [1.165, 1.54) is 47.9 Å². The van der Waals surface area contributed by atoms with Crippen LogP contribution < -0.4 is 5.32 Å². The Morgan fingerprint density at radius 3 is 2.77 bits per heavy atom. The zero-order valence-electron chi connectivity index (χ0n) is 17.7. The Labute approximate surface area is 185 Å². The van der Waals surface area contributed by atoms with E-state index < -0.39 is 0 Å². The zero-order valence-corrected chi connectivity index (χ0v) is 19.3. The van der Waals surface area contributed by atoms with Crippen LogP contribution in [0.25, 0.3) is 0 Å². The quantitative estimate of drug-likeness (QED) is 0.527. The fourth-order valence-electron chi connectivity index (χ4n) is 4.44. The second-order valence-electron chi connectivity index (χ2n) is 8.27. The third-order valence-electron chi connectivity index (χ3n) is 6.08. The van der Waals surface area contributed by atoms with Gasteiger partial charge in [0.1, 0.15) is 10.8 Å². The number of thiophene rings is 1. The molecule has 2 aromatic rings. The lowest BCUT2D eigenvalue weighted by atomic mass is 9.88. The minimum Gasteiger partial charge on any atom is -0.465 e. The maximum absolute atomic E-state index is 12.7. The third-order valence-corrected chi connectivity index (χ3v) is 8.27. The van der Waals surface area contributed by atoms with Crippen LogP contribution in [0.1, 0.15) is 71.6 Å². The second-order valence-corrected chi connectivity index (χ2v) is 10.3. The number of methoxy groups -OCH3 is 1. The van der Waals surface area contributed by atoms with Crippen molar-refractivity contribution in [2.45, 2.75) is 62.9 Å². The first kappa shape index (κ1) is 21.4. The summed E-state index contributed by atoms with van der Waals surface area (Å²) in [5.74, 6) is 1.78. The number of nitrogens with one attached hydrogen (secondary N) is 1. The number of carbonyl (C=O) groups is 2. The molecule has 162 valence electrons. The Bertz CT molecular complexity index is 946. The number of hydrogen-bond donors (Lipinski definition) is 1. The van der Waals surface area contributed by atoms with Crippen LogP contribution in [-0.2, 0) is 29.4 Å². The minimum atomic E-state index is -0.375. The van der Waals surface area contributed by atoms with E-state index in [1.807, 2.05) is 11.6 Å². The molecule has 2 aromatic heterocycles. The molecule has 0 spiro atoms. The van der Waals surface area contributed by atoms with Gasteiger partial charge in [-0.05, 0) is 43.6 Å². The first-order chi connectivity index (χ1) is 14.5. The molecule has 2 aliphatic carbocycles. The van der Waals surface area contributed by atoms with Gasteiger partial charge in [-0.25, -0.2) is 4.79 Å². The van der Waals surface area contributed by atoms with Crippen LogP contribution in [0.3, 0.4) is 0 Å². The first-order valence-electron chi connectivity index (χ1n) is 10.5. The molecule has 1 amide bonds. The van der Waals surface area contributed by atoms with Crippen molar-refractivity contribution in [1.29, 1.82) is 0 Å². The highest BCUT2D eigenvalue weighted by Crippen LogP contribution is 2.40. The molecule has 0 aromatic carbocycles. The molecule has 1 N–H and O–H groups in total. The van der Waals surface area contributed by atoms with Gasteiger partial charge < -0.3 is 14.6 Å². The number of aromatic nitrogens is 3. The number of fused-ring (bicyclic) bond motifs is 1. The fourth-order valence-corrected chi connectivity index (χ4v) is 6.57. The Kier molecular flexibility index (Phi) is 6.48. The van der Waals surface area contributed by atoms with Gasteiger partial charge in [-0.3, -0.25) is 4.79 Å². The summed E-state index contributed by atoms with van der Waals surface area (Å²) in [5, 5.41) is 13.0. The van der Waals surface area contributed by atoms with Crippen molar-refractivity contribution in [3.63, 3.8) is 0 Å². The third kappa shape index (κ3) is 4.27. The van der Waals surface area contributed by atoms with E-state index in [2.05, 4.69) is 22.4 Å². The van der Waals surface area contributed by atoms with E-state index >= 15 is 0 Å². The van der Waals surface area contributed by atoms with Crippen molar-refractivity contribution in [3.8, 4) is 0 Å². The zero-order chi connectivity index (χ0) is 21.3. The molecule has 30 heavy (non-hydrogen) atoms. The van der Waals surface area contributed by atoms with Crippen molar-refractivity contribution < 1.29 is 14.3 Å². The average Bonchev–Trinajstić information content (AvgIpc) is 3.44. The van der Waals surface area contributed by atoms with Crippen molar-refractivity contribution in [2.24, 2.45) is 13.0 Å². The van der Waals surface area contributed by atoms with Crippen molar-refractivity contribution in [2.75, 3.05) is 18.2 Å².